The summed E-state index contributed by atoms with van der Waals surface area (Å²) in [6, 6.07) is 12.2. The largest absolute Gasteiger partial charge is 0.497 e. The highest BCUT2D eigenvalue weighted by atomic mass is 16.5. The van der Waals surface area contributed by atoms with Crippen LogP contribution in [0.3, 0.4) is 0 Å². The lowest BCUT2D eigenvalue weighted by atomic mass is 9.74. The van der Waals surface area contributed by atoms with Gasteiger partial charge < -0.3 is 9.64 Å². The summed E-state index contributed by atoms with van der Waals surface area (Å²) in [5.74, 6) is 2.14. The molecule has 2 aliphatic rings. The number of anilines is 1. The van der Waals surface area contributed by atoms with Crippen LogP contribution in [0.5, 0.6) is 5.75 Å². The maximum Gasteiger partial charge on any atom is 0.255 e. The Morgan fingerprint density at radius 2 is 1.93 bits per heavy atom. The fourth-order valence-corrected chi connectivity index (χ4v) is 5.07. The molecule has 3 aromatic rings. The van der Waals surface area contributed by atoms with Crippen molar-refractivity contribution in [1.29, 1.82) is 0 Å². The van der Waals surface area contributed by atoms with Crippen molar-refractivity contribution in [1.82, 2.24) is 14.5 Å². The maximum atomic E-state index is 12.8. The highest BCUT2D eigenvalue weighted by molar-refractivity contribution is 5.60. The van der Waals surface area contributed by atoms with Gasteiger partial charge in [-0.3, -0.25) is 14.3 Å². The van der Waals surface area contributed by atoms with E-state index >= 15 is 0 Å². The minimum absolute atomic E-state index is 0.0325. The molecule has 0 radical (unpaired) electrons. The van der Waals surface area contributed by atoms with E-state index in [0.717, 1.165) is 43.1 Å². The molecular weight excluding hydrogens is 376 g/mol. The number of methoxy groups -OCH3 is 1. The number of nitrogens with zero attached hydrogens (tertiary/aromatic N) is 4. The van der Waals surface area contributed by atoms with E-state index in [1.165, 1.54) is 17.5 Å². The van der Waals surface area contributed by atoms with E-state index in [2.05, 4.69) is 28.1 Å². The first kappa shape index (κ1) is 18.9. The number of aryl methyl sites for hydroxylation is 1. The Morgan fingerprint density at radius 3 is 2.73 bits per heavy atom. The first-order chi connectivity index (χ1) is 14.7. The molecule has 0 saturated carbocycles. The Bertz CT molecular complexity index is 1130. The van der Waals surface area contributed by atoms with E-state index in [0.29, 0.717) is 17.7 Å². The number of piperidine rings is 1. The fraction of sp³-hybridized carbons (Fsp3) is 0.375. The number of rotatable bonds is 3. The predicted molar refractivity (Wildman–Crippen MR) is 117 cm³/mol. The van der Waals surface area contributed by atoms with Crippen molar-refractivity contribution >= 4 is 5.95 Å². The van der Waals surface area contributed by atoms with Gasteiger partial charge in [0.25, 0.3) is 5.56 Å². The molecule has 30 heavy (non-hydrogen) atoms. The topological polar surface area (TPSA) is 60.2 Å². The molecule has 6 nitrogen and oxygen atoms in total. The van der Waals surface area contributed by atoms with Crippen LogP contribution in [-0.4, -0.2) is 34.2 Å². The van der Waals surface area contributed by atoms with Gasteiger partial charge in [0.15, 0.2) is 0 Å². The summed E-state index contributed by atoms with van der Waals surface area (Å²) < 4.78 is 7.12. The van der Waals surface area contributed by atoms with E-state index < -0.39 is 0 Å². The lowest BCUT2D eigenvalue weighted by Gasteiger charge is -2.45. The van der Waals surface area contributed by atoms with Gasteiger partial charge in [0, 0.05) is 49.6 Å². The van der Waals surface area contributed by atoms with Crippen molar-refractivity contribution in [3.05, 3.63) is 70.3 Å². The summed E-state index contributed by atoms with van der Waals surface area (Å²) in [6.45, 7) is 0.923. The Kier molecular flexibility index (Phi) is 4.77. The second-order valence-corrected chi connectivity index (χ2v) is 8.19. The maximum absolute atomic E-state index is 12.8. The van der Waals surface area contributed by atoms with E-state index in [-0.39, 0.29) is 5.56 Å². The quantitative estimate of drug-likeness (QED) is 0.671. The van der Waals surface area contributed by atoms with E-state index in [4.69, 9.17) is 9.72 Å². The summed E-state index contributed by atoms with van der Waals surface area (Å²) in [7, 11) is 3.55. The van der Waals surface area contributed by atoms with Crippen LogP contribution in [0, 0.1) is 0 Å². The van der Waals surface area contributed by atoms with Crippen LogP contribution in [0.4, 0.5) is 5.95 Å². The van der Waals surface area contributed by atoms with Gasteiger partial charge in [0.2, 0.25) is 5.95 Å². The molecule has 2 aromatic heterocycles. The molecule has 5 rings (SSSR count). The standard InChI is InChI=1S/C24H26N4O2/c1-27-23(29)15-21(16-9-11-25-12-10-16)26-24(27)28-13-3-4-20-19-7-6-18(30-2)14-17(19)5-8-22(20)28/h6-7,9-12,14-15,20,22H,3-5,8,13H2,1-2H3/t20-,22-/m1/s1. The molecule has 1 aromatic carbocycles. The Labute approximate surface area is 176 Å². The monoisotopic (exact) mass is 402 g/mol. The molecule has 1 aliphatic carbocycles. The second-order valence-electron chi connectivity index (χ2n) is 8.19. The molecule has 154 valence electrons. The molecule has 2 atom stereocenters. The van der Waals surface area contributed by atoms with Crippen LogP contribution in [0.2, 0.25) is 0 Å². The number of aromatic nitrogens is 3. The third kappa shape index (κ3) is 3.16. The number of pyridine rings is 1. The lowest BCUT2D eigenvalue weighted by Crippen LogP contribution is -2.48. The normalized spacial score (nSPS) is 20.4. The Balaban J connectivity index is 1.55. The van der Waals surface area contributed by atoms with Crippen molar-refractivity contribution in [3.63, 3.8) is 0 Å². The minimum atomic E-state index is -0.0325. The predicted octanol–water partition coefficient (Wildman–Crippen LogP) is 3.55. The number of hydrogen-bond donors (Lipinski definition) is 0. The SMILES string of the molecule is COc1ccc2c(c1)CC[C@@H]1[C@@H]2CCCN1c1nc(-c2ccncc2)cc(=O)n1C. The second kappa shape index (κ2) is 7.59. The van der Waals surface area contributed by atoms with E-state index in [9.17, 15) is 4.79 Å². The number of fused-ring (bicyclic) bond motifs is 3. The molecule has 0 spiro atoms. The zero-order valence-electron chi connectivity index (χ0n) is 17.4. The summed E-state index contributed by atoms with van der Waals surface area (Å²) in [5, 5.41) is 0. The zero-order chi connectivity index (χ0) is 20.7. The van der Waals surface area contributed by atoms with E-state index in [1.807, 2.05) is 19.2 Å². The summed E-state index contributed by atoms with van der Waals surface area (Å²) in [4.78, 5) is 24.2. The molecule has 6 heteroatoms. The van der Waals surface area contributed by atoms with Gasteiger partial charge >= 0.3 is 0 Å². The van der Waals surface area contributed by atoms with Crippen molar-refractivity contribution < 1.29 is 4.74 Å². The summed E-state index contributed by atoms with van der Waals surface area (Å²) in [5.41, 5.74) is 4.41. The van der Waals surface area contributed by atoms with Gasteiger partial charge in [-0.05, 0) is 61.1 Å². The average molecular weight is 402 g/mol. The molecule has 0 bridgehead atoms. The number of ether oxygens (including phenoxy) is 1. The molecule has 1 aliphatic heterocycles. The summed E-state index contributed by atoms with van der Waals surface area (Å²) >= 11 is 0. The highest BCUT2D eigenvalue weighted by Gasteiger charge is 2.38. The van der Waals surface area contributed by atoms with Crippen molar-refractivity contribution in [2.24, 2.45) is 7.05 Å². The van der Waals surface area contributed by atoms with Gasteiger partial charge in [0.05, 0.1) is 12.8 Å². The van der Waals surface area contributed by atoms with Crippen molar-refractivity contribution in [2.75, 3.05) is 18.6 Å². The molecule has 0 unspecified atom stereocenters. The highest BCUT2D eigenvalue weighted by Crippen LogP contribution is 2.42. The van der Waals surface area contributed by atoms with Crippen LogP contribution in [0.15, 0.2) is 53.6 Å². The zero-order valence-corrected chi connectivity index (χ0v) is 17.4. The van der Waals surface area contributed by atoms with Crippen molar-refractivity contribution in [2.45, 2.75) is 37.6 Å². The fourth-order valence-electron chi connectivity index (χ4n) is 5.07. The molecule has 1 fully saturated rings. The van der Waals surface area contributed by atoms with Crippen LogP contribution >= 0.6 is 0 Å². The van der Waals surface area contributed by atoms with Gasteiger partial charge in [-0.1, -0.05) is 6.07 Å². The number of benzene rings is 1. The van der Waals surface area contributed by atoms with Gasteiger partial charge in [-0.2, -0.15) is 0 Å². The van der Waals surface area contributed by atoms with Crippen molar-refractivity contribution in [3.8, 4) is 17.0 Å². The Morgan fingerprint density at radius 1 is 1.10 bits per heavy atom. The van der Waals surface area contributed by atoms with Gasteiger partial charge in [0.1, 0.15) is 5.75 Å². The number of hydrogen-bond acceptors (Lipinski definition) is 5. The minimum Gasteiger partial charge on any atom is -0.497 e. The molecule has 0 amide bonds. The molecule has 0 N–H and O–H groups in total. The Hall–Kier alpha value is -3.15. The van der Waals surface area contributed by atoms with Crippen LogP contribution in [0.25, 0.3) is 11.3 Å². The molecule has 1 saturated heterocycles. The smallest absolute Gasteiger partial charge is 0.255 e. The van der Waals surface area contributed by atoms with Crippen LogP contribution < -0.4 is 15.2 Å². The molecule has 3 heterocycles. The van der Waals surface area contributed by atoms with Crippen LogP contribution in [0.1, 0.15) is 36.3 Å². The lowest BCUT2D eigenvalue weighted by molar-refractivity contribution is 0.356. The van der Waals surface area contributed by atoms with Gasteiger partial charge in [-0.25, -0.2) is 4.98 Å². The first-order valence-corrected chi connectivity index (χ1v) is 10.6. The van der Waals surface area contributed by atoms with E-state index in [1.54, 1.807) is 30.1 Å². The first-order valence-electron chi connectivity index (χ1n) is 10.6. The third-order valence-corrected chi connectivity index (χ3v) is 6.58. The molecular formula is C24H26N4O2. The van der Waals surface area contributed by atoms with Crippen LogP contribution in [-0.2, 0) is 13.5 Å². The summed E-state index contributed by atoms with van der Waals surface area (Å²) in [6.07, 6.45) is 7.79. The van der Waals surface area contributed by atoms with Gasteiger partial charge in [-0.15, -0.1) is 0 Å². The average Bonchev–Trinajstić information content (AvgIpc) is 2.80. The third-order valence-electron chi connectivity index (χ3n) is 6.58.